The Morgan fingerprint density at radius 1 is 1.14 bits per heavy atom. The van der Waals surface area contributed by atoms with Gasteiger partial charge in [0.1, 0.15) is 24.1 Å². The zero-order chi connectivity index (χ0) is 24.8. The molecule has 0 saturated carbocycles. The second kappa shape index (κ2) is 11.2. The van der Waals surface area contributed by atoms with Gasteiger partial charge in [0, 0.05) is 19.3 Å². The van der Waals surface area contributed by atoms with Crippen molar-refractivity contribution in [2.75, 3.05) is 25.0 Å². The number of anilines is 1. The monoisotopic (exact) mass is 485 g/mol. The summed E-state index contributed by atoms with van der Waals surface area (Å²) in [5.74, 6) is -0.905. The van der Waals surface area contributed by atoms with Gasteiger partial charge in [-0.1, -0.05) is 36.4 Å². The molecule has 3 heterocycles. The van der Waals surface area contributed by atoms with E-state index < -0.39 is 48.5 Å². The van der Waals surface area contributed by atoms with Gasteiger partial charge in [0.25, 0.3) is 0 Å². The van der Waals surface area contributed by atoms with Gasteiger partial charge < -0.3 is 30.0 Å². The lowest BCUT2D eigenvalue weighted by molar-refractivity contribution is -0.137. The standard InChI is InChI=1S/C23H27N5O7/c1-2-25-22(31)26-16-10-11-28(23(32)27-16)21-20-19(15(33-21)12-24-13-17(29)30)34-18(35-20)9-8-14-6-4-3-5-7-14/h3-11,15,18-21,24H,2,12-13H2,1H3,(H,29,30)(H2,25,26,27,31,32)/t15-,18+,19?,20+,21-/m1/s1. The number of urea groups is 1. The van der Waals surface area contributed by atoms with Crippen molar-refractivity contribution in [3.8, 4) is 0 Å². The van der Waals surface area contributed by atoms with Crippen molar-refractivity contribution in [2.45, 2.75) is 37.8 Å². The molecule has 1 unspecified atom stereocenters. The maximum absolute atomic E-state index is 12.8. The number of benzene rings is 1. The Balaban J connectivity index is 1.51. The highest BCUT2D eigenvalue weighted by atomic mass is 16.8. The zero-order valence-corrected chi connectivity index (χ0v) is 19.0. The van der Waals surface area contributed by atoms with Gasteiger partial charge in [-0.3, -0.25) is 14.7 Å². The van der Waals surface area contributed by atoms with E-state index in [0.29, 0.717) is 6.54 Å². The molecule has 4 rings (SSSR count). The third-order valence-corrected chi connectivity index (χ3v) is 5.42. The SMILES string of the molecule is CCNC(=O)Nc1ccn([C@@H]2O[C@H](CNCC(=O)O)C3O[C@H](C=Cc4ccccc4)O[C@@H]32)c(=O)n1. The molecular weight excluding hydrogens is 458 g/mol. The first-order valence-corrected chi connectivity index (χ1v) is 11.2. The Morgan fingerprint density at radius 2 is 1.91 bits per heavy atom. The largest absolute Gasteiger partial charge is 0.480 e. The second-order valence-corrected chi connectivity index (χ2v) is 7.92. The highest BCUT2D eigenvalue weighted by molar-refractivity contribution is 5.87. The summed E-state index contributed by atoms with van der Waals surface area (Å²) in [6.45, 7) is 2.13. The Hall–Kier alpha value is -3.58. The molecule has 5 atom stereocenters. The Morgan fingerprint density at radius 3 is 2.63 bits per heavy atom. The molecule has 0 aliphatic carbocycles. The molecule has 2 amide bonds. The predicted octanol–water partition coefficient (Wildman–Crippen LogP) is 0.780. The summed E-state index contributed by atoms with van der Waals surface area (Å²) in [4.78, 5) is 39.3. The molecule has 2 aliphatic heterocycles. The van der Waals surface area contributed by atoms with Crippen LogP contribution in [0.5, 0.6) is 0 Å². The summed E-state index contributed by atoms with van der Waals surface area (Å²) in [5.41, 5.74) is 0.328. The molecule has 2 aliphatic rings. The van der Waals surface area contributed by atoms with E-state index in [2.05, 4.69) is 20.9 Å². The Bertz CT molecular complexity index is 1120. The fourth-order valence-electron chi connectivity index (χ4n) is 3.91. The molecule has 12 nitrogen and oxygen atoms in total. The van der Waals surface area contributed by atoms with Crippen molar-refractivity contribution in [2.24, 2.45) is 0 Å². The van der Waals surface area contributed by atoms with Crippen LogP contribution in [0.2, 0.25) is 0 Å². The normalized spacial score (nSPS) is 25.5. The first-order valence-electron chi connectivity index (χ1n) is 11.2. The van der Waals surface area contributed by atoms with Crippen LogP contribution in [0.3, 0.4) is 0 Å². The van der Waals surface area contributed by atoms with E-state index in [0.717, 1.165) is 5.56 Å². The quantitative estimate of drug-likeness (QED) is 0.404. The molecule has 1 aromatic carbocycles. The number of aliphatic carboxylic acids is 1. The zero-order valence-electron chi connectivity index (χ0n) is 19.0. The number of nitrogens with zero attached hydrogens (tertiary/aromatic N) is 2. The molecule has 1 aromatic heterocycles. The third-order valence-electron chi connectivity index (χ3n) is 5.42. The average molecular weight is 485 g/mol. The minimum absolute atomic E-state index is 0.0960. The number of rotatable bonds is 9. The third kappa shape index (κ3) is 6.11. The summed E-state index contributed by atoms with van der Waals surface area (Å²) < 4.78 is 19.4. The highest BCUT2D eigenvalue weighted by Gasteiger charge is 2.53. The summed E-state index contributed by atoms with van der Waals surface area (Å²) in [6.07, 6.45) is 1.81. The lowest BCUT2D eigenvalue weighted by Crippen LogP contribution is -2.38. The molecular formula is C23H27N5O7. The van der Waals surface area contributed by atoms with Gasteiger partial charge in [-0.05, 0) is 24.6 Å². The number of carbonyl (C=O) groups is 2. The van der Waals surface area contributed by atoms with Gasteiger partial charge in [-0.25, -0.2) is 9.59 Å². The van der Waals surface area contributed by atoms with E-state index in [4.69, 9.17) is 19.3 Å². The van der Waals surface area contributed by atoms with Crippen molar-refractivity contribution in [1.29, 1.82) is 0 Å². The van der Waals surface area contributed by atoms with Crippen LogP contribution in [-0.4, -0.2) is 70.9 Å². The van der Waals surface area contributed by atoms with Crippen LogP contribution in [0.15, 0.2) is 53.5 Å². The molecule has 186 valence electrons. The maximum atomic E-state index is 12.8. The van der Waals surface area contributed by atoms with Crippen molar-refractivity contribution in [1.82, 2.24) is 20.2 Å². The summed E-state index contributed by atoms with van der Waals surface area (Å²) >= 11 is 0. The first kappa shape index (κ1) is 24.5. The summed E-state index contributed by atoms with van der Waals surface area (Å²) in [7, 11) is 0. The van der Waals surface area contributed by atoms with Gasteiger partial charge in [-0.15, -0.1) is 0 Å². The summed E-state index contributed by atoms with van der Waals surface area (Å²) in [5, 5.41) is 16.8. The van der Waals surface area contributed by atoms with E-state index in [1.807, 2.05) is 36.4 Å². The topological polar surface area (TPSA) is 153 Å². The van der Waals surface area contributed by atoms with Crippen LogP contribution in [0.4, 0.5) is 10.6 Å². The molecule has 4 N–H and O–H groups in total. The number of carboxylic acid groups (broad SMARTS) is 1. The predicted molar refractivity (Wildman–Crippen MR) is 125 cm³/mol. The summed E-state index contributed by atoms with van der Waals surface area (Å²) in [6, 6.07) is 10.7. The number of ether oxygens (including phenoxy) is 3. The molecule has 12 heteroatoms. The van der Waals surface area contributed by atoms with E-state index in [9.17, 15) is 14.4 Å². The van der Waals surface area contributed by atoms with Gasteiger partial charge >= 0.3 is 17.7 Å². The van der Waals surface area contributed by atoms with Crippen LogP contribution >= 0.6 is 0 Å². The van der Waals surface area contributed by atoms with E-state index in [-0.39, 0.29) is 18.9 Å². The average Bonchev–Trinajstić information content (AvgIpc) is 3.38. The maximum Gasteiger partial charge on any atom is 0.351 e. The van der Waals surface area contributed by atoms with Crippen molar-refractivity contribution in [3.05, 3.63) is 64.7 Å². The number of carboxylic acids is 1. The van der Waals surface area contributed by atoms with E-state index in [1.54, 1.807) is 13.0 Å². The molecule has 0 radical (unpaired) electrons. The Labute approximate surface area is 200 Å². The van der Waals surface area contributed by atoms with Gasteiger partial charge in [0.15, 0.2) is 12.5 Å². The number of aromatic nitrogens is 2. The highest BCUT2D eigenvalue weighted by Crippen LogP contribution is 2.39. The molecule has 2 aromatic rings. The van der Waals surface area contributed by atoms with Crippen molar-refractivity contribution in [3.63, 3.8) is 0 Å². The molecule has 0 bridgehead atoms. The second-order valence-electron chi connectivity index (χ2n) is 7.92. The lowest BCUT2D eigenvalue weighted by atomic mass is 10.1. The van der Waals surface area contributed by atoms with E-state index in [1.165, 1.54) is 16.8 Å². The van der Waals surface area contributed by atoms with Gasteiger partial charge in [-0.2, -0.15) is 4.98 Å². The fourth-order valence-corrected chi connectivity index (χ4v) is 3.91. The number of hydrogen-bond acceptors (Lipinski definition) is 8. The molecule has 2 saturated heterocycles. The molecule has 2 fully saturated rings. The lowest BCUT2D eigenvalue weighted by Gasteiger charge is -2.21. The first-order chi connectivity index (χ1) is 16.9. The van der Waals surface area contributed by atoms with Crippen LogP contribution in [0.25, 0.3) is 6.08 Å². The van der Waals surface area contributed by atoms with Crippen LogP contribution < -0.4 is 21.6 Å². The molecule has 0 spiro atoms. The van der Waals surface area contributed by atoms with Crippen LogP contribution in [0.1, 0.15) is 18.7 Å². The fraction of sp³-hybridized carbons (Fsp3) is 0.391. The molecule has 35 heavy (non-hydrogen) atoms. The number of carbonyl (C=O) groups excluding carboxylic acids is 1. The van der Waals surface area contributed by atoms with E-state index >= 15 is 0 Å². The Kier molecular flexibility index (Phi) is 7.87. The van der Waals surface area contributed by atoms with Crippen molar-refractivity contribution >= 4 is 23.9 Å². The number of fused-ring (bicyclic) bond motifs is 1. The number of nitrogens with one attached hydrogen (secondary N) is 3. The van der Waals surface area contributed by atoms with Crippen LogP contribution in [0, 0.1) is 0 Å². The van der Waals surface area contributed by atoms with Crippen molar-refractivity contribution < 1.29 is 28.9 Å². The smallest absolute Gasteiger partial charge is 0.351 e. The minimum atomic E-state index is -1.00. The minimum Gasteiger partial charge on any atom is -0.480 e. The van der Waals surface area contributed by atoms with Gasteiger partial charge in [0.2, 0.25) is 0 Å². The van der Waals surface area contributed by atoms with Crippen LogP contribution in [-0.2, 0) is 19.0 Å². The number of amides is 2. The number of hydrogen-bond donors (Lipinski definition) is 4. The van der Waals surface area contributed by atoms with Gasteiger partial charge in [0.05, 0.1) is 6.54 Å².